The van der Waals surface area contributed by atoms with Crippen molar-refractivity contribution in [1.82, 2.24) is 20.0 Å². The smallest absolute Gasteiger partial charge is 0.223 e. The number of rotatable bonds is 7. The quantitative estimate of drug-likeness (QED) is 0.826. The van der Waals surface area contributed by atoms with Gasteiger partial charge >= 0.3 is 0 Å². The van der Waals surface area contributed by atoms with E-state index < -0.39 is 0 Å². The molecule has 140 valence electrons. The second-order valence-electron chi connectivity index (χ2n) is 7.21. The second-order valence-corrected chi connectivity index (χ2v) is 7.21. The van der Waals surface area contributed by atoms with Crippen LogP contribution in [0.1, 0.15) is 44.7 Å². The van der Waals surface area contributed by atoms with Gasteiger partial charge in [0.25, 0.3) is 0 Å². The van der Waals surface area contributed by atoms with E-state index in [0.717, 1.165) is 30.6 Å². The van der Waals surface area contributed by atoms with Crippen LogP contribution in [0.25, 0.3) is 5.69 Å². The Morgan fingerprint density at radius 3 is 2.77 bits per heavy atom. The van der Waals surface area contributed by atoms with Crippen molar-refractivity contribution in [2.45, 2.75) is 45.2 Å². The van der Waals surface area contributed by atoms with E-state index in [-0.39, 0.29) is 23.7 Å². The third-order valence-electron chi connectivity index (χ3n) is 5.18. The second kappa shape index (κ2) is 7.99. The molecule has 2 aromatic rings. The lowest BCUT2D eigenvalue weighted by molar-refractivity contribution is -0.127. The van der Waals surface area contributed by atoms with Gasteiger partial charge in [0, 0.05) is 43.7 Å². The normalized spacial score (nSPS) is 21.4. The maximum absolute atomic E-state index is 13.1. The first-order valence-corrected chi connectivity index (χ1v) is 9.29. The van der Waals surface area contributed by atoms with Crippen LogP contribution in [0.3, 0.4) is 0 Å². The number of carbonyl (C=O) groups excluding carboxylic acids is 1. The maximum Gasteiger partial charge on any atom is 0.223 e. The van der Waals surface area contributed by atoms with E-state index >= 15 is 0 Å². The van der Waals surface area contributed by atoms with Crippen LogP contribution in [-0.4, -0.2) is 40.2 Å². The molecule has 0 spiro atoms. The number of likely N-dealkylation sites (tertiary alicyclic amines) is 1. The Hall–Kier alpha value is -2.21. The average Bonchev–Trinajstić information content (AvgIpc) is 3.19. The molecule has 0 radical (unpaired) electrons. The van der Waals surface area contributed by atoms with E-state index in [1.807, 2.05) is 24.3 Å². The van der Waals surface area contributed by atoms with Gasteiger partial charge in [-0.15, -0.1) is 0 Å². The van der Waals surface area contributed by atoms with Gasteiger partial charge in [-0.1, -0.05) is 13.3 Å². The standard InChI is InChI=1S/C20H27FN4O/c1-4-5-14(2)22-11-15-10-19(26)24(3)20(15)16-12-23-25(13-16)18-8-6-17(21)7-9-18/h6-9,12-15,20,22H,4-5,10-11H2,1-3H3/t14?,15-,20+/m0/s1. The van der Waals surface area contributed by atoms with E-state index in [0.29, 0.717) is 12.5 Å². The molecule has 3 rings (SSSR count). The molecule has 1 aliphatic heterocycles. The van der Waals surface area contributed by atoms with Crippen LogP contribution < -0.4 is 5.32 Å². The van der Waals surface area contributed by atoms with Crippen molar-refractivity contribution in [3.63, 3.8) is 0 Å². The number of carbonyl (C=O) groups is 1. The fourth-order valence-corrected chi connectivity index (χ4v) is 3.74. The monoisotopic (exact) mass is 358 g/mol. The lowest BCUT2D eigenvalue weighted by Gasteiger charge is -2.25. The molecule has 3 atom stereocenters. The predicted molar refractivity (Wildman–Crippen MR) is 99.5 cm³/mol. The van der Waals surface area contributed by atoms with Crippen molar-refractivity contribution in [2.75, 3.05) is 13.6 Å². The number of hydrogen-bond donors (Lipinski definition) is 1. The Kier molecular flexibility index (Phi) is 5.71. The minimum Gasteiger partial charge on any atom is -0.338 e. The first-order valence-electron chi connectivity index (χ1n) is 9.29. The fraction of sp³-hybridized carbons (Fsp3) is 0.500. The number of aromatic nitrogens is 2. The van der Waals surface area contributed by atoms with Gasteiger partial charge in [-0.2, -0.15) is 5.10 Å². The first kappa shape index (κ1) is 18.6. The average molecular weight is 358 g/mol. The lowest BCUT2D eigenvalue weighted by Crippen LogP contribution is -2.33. The summed E-state index contributed by atoms with van der Waals surface area (Å²) in [6.07, 6.45) is 6.57. The number of benzene rings is 1. The minimum absolute atomic E-state index is 0.0121. The van der Waals surface area contributed by atoms with Crippen LogP contribution in [0.4, 0.5) is 4.39 Å². The van der Waals surface area contributed by atoms with Gasteiger partial charge in [0.1, 0.15) is 5.82 Å². The lowest BCUT2D eigenvalue weighted by atomic mass is 9.95. The van der Waals surface area contributed by atoms with Gasteiger partial charge in [-0.3, -0.25) is 4.79 Å². The molecule has 1 unspecified atom stereocenters. The highest BCUT2D eigenvalue weighted by Gasteiger charge is 2.39. The van der Waals surface area contributed by atoms with Crippen molar-refractivity contribution in [3.05, 3.63) is 48.0 Å². The molecular formula is C20H27FN4O. The number of nitrogens with zero attached hydrogens (tertiary/aromatic N) is 3. The summed E-state index contributed by atoms with van der Waals surface area (Å²) in [5.41, 5.74) is 1.81. The molecule has 1 fully saturated rings. The fourth-order valence-electron chi connectivity index (χ4n) is 3.74. The van der Waals surface area contributed by atoms with Crippen molar-refractivity contribution in [3.8, 4) is 5.69 Å². The number of amides is 1. The molecule has 1 aromatic heterocycles. The molecule has 0 bridgehead atoms. The molecule has 2 heterocycles. The number of halogens is 1. The molecule has 5 nitrogen and oxygen atoms in total. The van der Waals surface area contributed by atoms with Crippen LogP contribution in [-0.2, 0) is 4.79 Å². The highest BCUT2D eigenvalue weighted by Crippen LogP contribution is 2.36. The largest absolute Gasteiger partial charge is 0.338 e. The summed E-state index contributed by atoms with van der Waals surface area (Å²) in [4.78, 5) is 14.1. The van der Waals surface area contributed by atoms with Gasteiger partial charge in [0.05, 0.1) is 17.9 Å². The minimum atomic E-state index is -0.269. The summed E-state index contributed by atoms with van der Waals surface area (Å²) in [5, 5.41) is 7.98. The van der Waals surface area contributed by atoms with Crippen LogP contribution in [0.5, 0.6) is 0 Å². The van der Waals surface area contributed by atoms with Crippen LogP contribution in [0.2, 0.25) is 0 Å². The SMILES string of the molecule is CCCC(C)NC[C@@H]1CC(=O)N(C)[C@H]1c1cnn(-c2ccc(F)cc2)c1. The molecule has 1 aromatic carbocycles. The van der Waals surface area contributed by atoms with Crippen molar-refractivity contribution in [2.24, 2.45) is 5.92 Å². The zero-order valence-electron chi connectivity index (χ0n) is 15.7. The van der Waals surface area contributed by atoms with Gasteiger partial charge in [-0.05, 0) is 37.6 Å². The summed E-state index contributed by atoms with van der Waals surface area (Å²) < 4.78 is 14.9. The molecule has 1 aliphatic rings. The molecule has 0 aliphatic carbocycles. The highest BCUT2D eigenvalue weighted by molar-refractivity contribution is 5.79. The molecule has 0 saturated carbocycles. The number of nitrogens with one attached hydrogen (secondary N) is 1. The maximum atomic E-state index is 13.1. The number of hydrogen-bond acceptors (Lipinski definition) is 3. The Labute approximate surface area is 154 Å². The van der Waals surface area contributed by atoms with E-state index in [1.165, 1.54) is 12.1 Å². The summed E-state index contributed by atoms with van der Waals surface area (Å²) in [6, 6.07) is 6.69. The van der Waals surface area contributed by atoms with Crippen LogP contribution in [0.15, 0.2) is 36.7 Å². The summed E-state index contributed by atoms with van der Waals surface area (Å²) in [7, 11) is 1.86. The Balaban J connectivity index is 1.76. The Morgan fingerprint density at radius 1 is 1.35 bits per heavy atom. The molecule has 1 amide bonds. The molecule has 1 saturated heterocycles. The van der Waals surface area contributed by atoms with Crippen LogP contribution in [0, 0.1) is 11.7 Å². The van der Waals surface area contributed by atoms with Gasteiger partial charge in [0.2, 0.25) is 5.91 Å². The summed E-state index contributed by atoms with van der Waals surface area (Å²) >= 11 is 0. The van der Waals surface area contributed by atoms with Crippen molar-refractivity contribution < 1.29 is 9.18 Å². The van der Waals surface area contributed by atoms with E-state index in [4.69, 9.17) is 0 Å². The van der Waals surface area contributed by atoms with Crippen molar-refractivity contribution in [1.29, 1.82) is 0 Å². The third kappa shape index (κ3) is 3.96. The van der Waals surface area contributed by atoms with Crippen LogP contribution >= 0.6 is 0 Å². The predicted octanol–water partition coefficient (Wildman–Crippen LogP) is 3.31. The molecule has 6 heteroatoms. The topological polar surface area (TPSA) is 50.2 Å². The molecule has 1 N–H and O–H groups in total. The molecular weight excluding hydrogens is 331 g/mol. The third-order valence-corrected chi connectivity index (χ3v) is 5.18. The van der Waals surface area contributed by atoms with Gasteiger partial charge in [0.15, 0.2) is 0 Å². The van der Waals surface area contributed by atoms with Gasteiger partial charge in [-0.25, -0.2) is 9.07 Å². The Bertz CT molecular complexity index is 743. The molecule has 26 heavy (non-hydrogen) atoms. The zero-order valence-corrected chi connectivity index (χ0v) is 15.7. The first-order chi connectivity index (χ1) is 12.5. The van der Waals surface area contributed by atoms with E-state index in [9.17, 15) is 9.18 Å². The van der Waals surface area contributed by atoms with Gasteiger partial charge < -0.3 is 10.2 Å². The van der Waals surface area contributed by atoms with Crippen molar-refractivity contribution >= 4 is 5.91 Å². The summed E-state index contributed by atoms with van der Waals surface area (Å²) in [5.74, 6) is 0.117. The zero-order chi connectivity index (χ0) is 18.7. The summed E-state index contributed by atoms with van der Waals surface area (Å²) in [6.45, 7) is 5.17. The highest BCUT2D eigenvalue weighted by atomic mass is 19.1. The van der Waals surface area contributed by atoms with E-state index in [2.05, 4.69) is 24.3 Å². The van der Waals surface area contributed by atoms with E-state index in [1.54, 1.807) is 16.8 Å². The Morgan fingerprint density at radius 2 is 2.08 bits per heavy atom.